The van der Waals surface area contributed by atoms with Crippen LogP contribution in [0.25, 0.3) is 0 Å². The molecule has 1 atom stereocenters. The van der Waals surface area contributed by atoms with Crippen molar-refractivity contribution in [3.05, 3.63) is 36.3 Å². The molecule has 84 valence electrons. The summed E-state index contributed by atoms with van der Waals surface area (Å²) in [5, 5.41) is 5.06. The molecule has 2 N–H and O–H groups in total. The maximum Gasteiger partial charge on any atom is 0.101 e. The van der Waals surface area contributed by atoms with Gasteiger partial charge in [-0.25, -0.2) is 4.98 Å². The molecule has 0 fully saturated rings. The maximum absolute atomic E-state index is 5.76. The quantitative estimate of drug-likeness (QED) is 0.882. The lowest BCUT2D eigenvalue weighted by atomic mass is 10.2. The van der Waals surface area contributed by atoms with Crippen LogP contribution in [0.3, 0.4) is 0 Å². The molecule has 0 aliphatic carbocycles. The van der Waals surface area contributed by atoms with Crippen LogP contribution in [0.5, 0.6) is 0 Å². The SMILES string of the molecule is CC(N)c1ccc(Sc2cnn(C)c2)nc1. The van der Waals surface area contributed by atoms with E-state index >= 15 is 0 Å². The second-order valence-corrected chi connectivity index (χ2v) is 4.76. The molecule has 0 aliphatic heterocycles. The highest BCUT2D eigenvalue weighted by molar-refractivity contribution is 7.99. The smallest absolute Gasteiger partial charge is 0.101 e. The monoisotopic (exact) mass is 234 g/mol. The first-order chi connectivity index (χ1) is 7.65. The van der Waals surface area contributed by atoms with Crippen LogP contribution in [0.2, 0.25) is 0 Å². The molecule has 0 saturated carbocycles. The van der Waals surface area contributed by atoms with Crippen molar-refractivity contribution in [2.24, 2.45) is 12.8 Å². The zero-order valence-electron chi connectivity index (χ0n) is 9.29. The summed E-state index contributed by atoms with van der Waals surface area (Å²) in [5.74, 6) is 0. The van der Waals surface area contributed by atoms with Gasteiger partial charge in [-0.05, 0) is 18.6 Å². The Kier molecular flexibility index (Phi) is 3.26. The summed E-state index contributed by atoms with van der Waals surface area (Å²) >= 11 is 1.59. The van der Waals surface area contributed by atoms with E-state index in [1.165, 1.54) is 0 Å². The average molecular weight is 234 g/mol. The number of pyridine rings is 1. The Morgan fingerprint density at radius 3 is 2.69 bits per heavy atom. The van der Waals surface area contributed by atoms with Crippen molar-refractivity contribution in [2.75, 3.05) is 0 Å². The van der Waals surface area contributed by atoms with Crippen LogP contribution < -0.4 is 5.73 Å². The highest BCUT2D eigenvalue weighted by Gasteiger charge is 2.03. The number of rotatable bonds is 3. The number of hydrogen-bond donors (Lipinski definition) is 1. The van der Waals surface area contributed by atoms with Crippen molar-refractivity contribution in [2.45, 2.75) is 22.9 Å². The van der Waals surface area contributed by atoms with Crippen molar-refractivity contribution < 1.29 is 0 Å². The summed E-state index contributed by atoms with van der Waals surface area (Å²) in [6.07, 6.45) is 5.61. The van der Waals surface area contributed by atoms with Crippen molar-refractivity contribution in [1.82, 2.24) is 14.8 Å². The first-order valence-corrected chi connectivity index (χ1v) is 5.85. The van der Waals surface area contributed by atoms with Crippen LogP contribution in [-0.2, 0) is 7.05 Å². The second-order valence-electron chi connectivity index (χ2n) is 3.67. The van der Waals surface area contributed by atoms with E-state index in [-0.39, 0.29) is 6.04 Å². The normalized spacial score (nSPS) is 12.7. The fourth-order valence-electron chi connectivity index (χ4n) is 1.29. The van der Waals surface area contributed by atoms with E-state index < -0.39 is 0 Å². The lowest BCUT2D eigenvalue weighted by Crippen LogP contribution is -2.04. The van der Waals surface area contributed by atoms with E-state index in [4.69, 9.17) is 5.73 Å². The predicted octanol–water partition coefficient (Wildman–Crippen LogP) is 1.99. The predicted molar refractivity (Wildman–Crippen MR) is 64.2 cm³/mol. The summed E-state index contributed by atoms with van der Waals surface area (Å²) in [4.78, 5) is 5.44. The number of aromatic nitrogens is 3. The molecule has 2 rings (SSSR count). The lowest BCUT2D eigenvalue weighted by Gasteiger charge is -2.04. The molecule has 4 nitrogen and oxygen atoms in total. The Labute approximate surface area is 98.9 Å². The number of nitrogens with zero attached hydrogens (tertiary/aromatic N) is 3. The van der Waals surface area contributed by atoms with Crippen LogP contribution in [0, 0.1) is 0 Å². The zero-order chi connectivity index (χ0) is 11.5. The molecule has 16 heavy (non-hydrogen) atoms. The minimum atomic E-state index is 0.0324. The van der Waals surface area contributed by atoms with E-state index in [9.17, 15) is 0 Å². The minimum Gasteiger partial charge on any atom is -0.324 e. The van der Waals surface area contributed by atoms with E-state index in [0.29, 0.717) is 0 Å². The summed E-state index contributed by atoms with van der Waals surface area (Å²) < 4.78 is 1.78. The van der Waals surface area contributed by atoms with Gasteiger partial charge >= 0.3 is 0 Å². The van der Waals surface area contributed by atoms with E-state index in [0.717, 1.165) is 15.5 Å². The molecule has 0 saturated heterocycles. The number of nitrogens with two attached hydrogens (primary N) is 1. The van der Waals surface area contributed by atoms with Crippen LogP contribution >= 0.6 is 11.8 Å². The van der Waals surface area contributed by atoms with Crippen molar-refractivity contribution in [3.63, 3.8) is 0 Å². The molecule has 0 bridgehead atoms. The number of hydrogen-bond acceptors (Lipinski definition) is 4. The van der Waals surface area contributed by atoms with E-state index in [1.54, 1.807) is 16.4 Å². The van der Waals surface area contributed by atoms with Crippen LogP contribution in [0.1, 0.15) is 18.5 Å². The Morgan fingerprint density at radius 2 is 2.19 bits per heavy atom. The molecule has 0 aromatic carbocycles. The van der Waals surface area contributed by atoms with Crippen molar-refractivity contribution >= 4 is 11.8 Å². The first kappa shape index (κ1) is 11.2. The van der Waals surface area contributed by atoms with Gasteiger partial charge in [0.1, 0.15) is 5.03 Å². The molecule has 5 heteroatoms. The van der Waals surface area contributed by atoms with Gasteiger partial charge < -0.3 is 5.73 Å². The third-order valence-electron chi connectivity index (χ3n) is 2.19. The summed E-state index contributed by atoms with van der Waals surface area (Å²) in [5.41, 5.74) is 6.81. The van der Waals surface area contributed by atoms with Crippen LogP contribution in [0.15, 0.2) is 40.6 Å². The summed E-state index contributed by atoms with van der Waals surface area (Å²) in [7, 11) is 1.90. The molecule has 0 aliphatic rings. The fourth-order valence-corrected chi connectivity index (χ4v) is 2.08. The molecule has 1 unspecified atom stereocenters. The van der Waals surface area contributed by atoms with Gasteiger partial charge in [0.25, 0.3) is 0 Å². The molecule has 2 aromatic heterocycles. The number of aryl methyl sites for hydroxylation is 1. The van der Waals surface area contributed by atoms with Gasteiger partial charge in [-0.2, -0.15) is 5.10 Å². The van der Waals surface area contributed by atoms with Gasteiger partial charge in [-0.3, -0.25) is 4.68 Å². The average Bonchev–Trinajstić information content (AvgIpc) is 2.65. The first-order valence-electron chi connectivity index (χ1n) is 5.03. The van der Waals surface area contributed by atoms with Gasteiger partial charge in [-0.15, -0.1) is 0 Å². The van der Waals surface area contributed by atoms with E-state index in [1.807, 2.05) is 44.7 Å². The van der Waals surface area contributed by atoms with Gasteiger partial charge in [0, 0.05) is 25.5 Å². The standard InChI is InChI=1S/C11H14N4S/c1-8(12)9-3-4-11(13-5-9)16-10-6-14-15(2)7-10/h3-8H,12H2,1-2H3. The van der Waals surface area contributed by atoms with E-state index in [2.05, 4.69) is 10.1 Å². The van der Waals surface area contributed by atoms with Gasteiger partial charge in [0.15, 0.2) is 0 Å². The lowest BCUT2D eigenvalue weighted by molar-refractivity contribution is 0.766. The zero-order valence-corrected chi connectivity index (χ0v) is 10.1. The Morgan fingerprint density at radius 1 is 1.38 bits per heavy atom. The molecule has 2 aromatic rings. The largest absolute Gasteiger partial charge is 0.324 e. The molecule has 0 amide bonds. The molecule has 0 spiro atoms. The van der Waals surface area contributed by atoms with Crippen LogP contribution in [0.4, 0.5) is 0 Å². The molecular formula is C11H14N4S. The van der Waals surface area contributed by atoms with Gasteiger partial charge in [0.05, 0.1) is 11.1 Å². The Hall–Kier alpha value is -1.33. The van der Waals surface area contributed by atoms with Crippen molar-refractivity contribution in [1.29, 1.82) is 0 Å². The Balaban J connectivity index is 2.11. The Bertz CT molecular complexity index is 461. The van der Waals surface area contributed by atoms with Crippen molar-refractivity contribution in [3.8, 4) is 0 Å². The molecule has 0 radical (unpaired) electrons. The van der Waals surface area contributed by atoms with Crippen LogP contribution in [-0.4, -0.2) is 14.8 Å². The molecular weight excluding hydrogens is 220 g/mol. The van der Waals surface area contributed by atoms with Gasteiger partial charge in [0.2, 0.25) is 0 Å². The topological polar surface area (TPSA) is 56.7 Å². The second kappa shape index (κ2) is 4.67. The minimum absolute atomic E-state index is 0.0324. The highest BCUT2D eigenvalue weighted by atomic mass is 32.2. The van der Waals surface area contributed by atoms with Gasteiger partial charge in [-0.1, -0.05) is 17.8 Å². The third-order valence-corrected chi connectivity index (χ3v) is 3.09. The highest BCUT2D eigenvalue weighted by Crippen LogP contribution is 2.25. The summed E-state index contributed by atoms with van der Waals surface area (Å²) in [6.45, 7) is 1.95. The maximum atomic E-state index is 5.76. The molecule has 2 heterocycles. The fraction of sp³-hybridized carbons (Fsp3) is 0.273. The summed E-state index contributed by atoms with van der Waals surface area (Å²) in [6, 6.07) is 4.03. The third kappa shape index (κ3) is 2.62.